The van der Waals surface area contributed by atoms with Crippen LogP contribution in [-0.2, 0) is 9.53 Å². The van der Waals surface area contributed by atoms with Gasteiger partial charge in [-0.3, -0.25) is 4.79 Å². The monoisotopic (exact) mass is 242 g/mol. The summed E-state index contributed by atoms with van der Waals surface area (Å²) in [5.74, 6) is -0.132. The number of ether oxygens (including phenoxy) is 1. The normalized spacial score (nSPS) is 17.2. The summed E-state index contributed by atoms with van der Waals surface area (Å²) < 4.78 is 4.81. The van der Waals surface area contributed by atoms with Crippen molar-refractivity contribution in [3.63, 3.8) is 0 Å². The molecule has 4 heteroatoms. The maximum Gasteiger partial charge on any atom is 0.322 e. The molecular weight excluding hydrogens is 216 g/mol. The number of hydrogen-bond acceptors (Lipinski definition) is 4. The summed E-state index contributed by atoms with van der Waals surface area (Å²) in [6.45, 7) is 4.00. The topological polar surface area (TPSA) is 41.6 Å². The number of carbonyl (C=O) groups is 1. The zero-order valence-corrected chi connectivity index (χ0v) is 11.4. The Kier molecular flexibility index (Phi) is 6.52. The molecule has 1 N–H and O–H groups in total. The highest BCUT2D eigenvalue weighted by atomic mass is 16.5. The second kappa shape index (κ2) is 7.67. The lowest BCUT2D eigenvalue weighted by atomic mass is 10.1. The highest BCUT2D eigenvalue weighted by molar-refractivity contribution is 5.75. The number of unbranched alkanes of at least 4 members (excludes halogenated alkanes) is 1. The Morgan fingerprint density at radius 3 is 2.76 bits per heavy atom. The number of methoxy groups -OCH3 is 1. The van der Waals surface area contributed by atoms with Crippen LogP contribution in [0.4, 0.5) is 0 Å². The number of carbonyl (C=O) groups excluding carboxylic acids is 1. The van der Waals surface area contributed by atoms with E-state index in [0.29, 0.717) is 0 Å². The molecule has 1 saturated carbocycles. The van der Waals surface area contributed by atoms with Gasteiger partial charge in [0.1, 0.15) is 6.04 Å². The molecule has 4 nitrogen and oxygen atoms in total. The van der Waals surface area contributed by atoms with Crippen LogP contribution < -0.4 is 5.32 Å². The largest absolute Gasteiger partial charge is 0.468 e. The Balaban J connectivity index is 2.19. The van der Waals surface area contributed by atoms with Crippen LogP contribution in [0.3, 0.4) is 0 Å². The summed E-state index contributed by atoms with van der Waals surface area (Å²) in [6, 6.07) is 0.650. The van der Waals surface area contributed by atoms with Gasteiger partial charge < -0.3 is 15.0 Å². The fourth-order valence-corrected chi connectivity index (χ4v) is 1.97. The fourth-order valence-electron chi connectivity index (χ4n) is 1.97. The molecule has 0 saturated heterocycles. The Morgan fingerprint density at radius 2 is 2.24 bits per heavy atom. The first-order valence-electron chi connectivity index (χ1n) is 6.70. The van der Waals surface area contributed by atoms with E-state index in [0.717, 1.165) is 38.4 Å². The van der Waals surface area contributed by atoms with Crippen molar-refractivity contribution in [1.82, 2.24) is 10.2 Å². The van der Waals surface area contributed by atoms with Gasteiger partial charge in [-0.05, 0) is 26.3 Å². The molecule has 1 aliphatic carbocycles. The van der Waals surface area contributed by atoms with Gasteiger partial charge in [0.2, 0.25) is 0 Å². The van der Waals surface area contributed by atoms with Gasteiger partial charge in [-0.2, -0.15) is 0 Å². The van der Waals surface area contributed by atoms with Crippen LogP contribution in [0.2, 0.25) is 0 Å². The molecule has 1 atom stereocenters. The van der Waals surface area contributed by atoms with Gasteiger partial charge in [0.25, 0.3) is 0 Å². The van der Waals surface area contributed by atoms with Gasteiger partial charge in [-0.15, -0.1) is 0 Å². The highest BCUT2D eigenvalue weighted by Crippen LogP contribution is 2.24. The molecule has 1 aliphatic rings. The van der Waals surface area contributed by atoms with Crippen molar-refractivity contribution < 1.29 is 9.53 Å². The van der Waals surface area contributed by atoms with Gasteiger partial charge >= 0.3 is 5.97 Å². The Labute approximate surface area is 105 Å². The zero-order chi connectivity index (χ0) is 12.7. The van der Waals surface area contributed by atoms with Crippen LogP contribution in [0.1, 0.15) is 39.0 Å². The molecule has 0 heterocycles. The van der Waals surface area contributed by atoms with Crippen molar-refractivity contribution in [1.29, 1.82) is 0 Å². The predicted octanol–water partition coefficient (Wildman–Crippen LogP) is 1.40. The van der Waals surface area contributed by atoms with Crippen LogP contribution in [-0.4, -0.2) is 50.2 Å². The van der Waals surface area contributed by atoms with Crippen LogP contribution in [0.5, 0.6) is 0 Å². The van der Waals surface area contributed by atoms with Gasteiger partial charge in [-0.1, -0.05) is 19.8 Å². The maximum absolute atomic E-state index is 11.5. The van der Waals surface area contributed by atoms with E-state index in [-0.39, 0.29) is 12.0 Å². The van der Waals surface area contributed by atoms with E-state index in [9.17, 15) is 4.79 Å². The van der Waals surface area contributed by atoms with Gasteiger partial charge in [-0.25, -0.2) is 0 Å². The average molecular weight is 242 g/mol. The molecule has 0 aromatic rings. The first-order valence-corrected chi connectivity index (χ1v) is 6.70. The summed E-state index contributed by atoms with van der Waals surface area (Å²) in [4.78, 5) is 13.9. The van der Waals surface area contributed by atoms with Gasteiger partial charge in [0.05, 0.1) is 7.11 Å². The summed E-state index contributed by atoms with van der Waals surface area (Å²) in [5.41, 5.74) is 0. The molecule has 0 amide bonds. The molecule has 0 spiro atoms. The lowest BCUT2D eigenvalue weighted by molar-refractivity contribution is -0.143. The van der Waals surface area contributed by atoms with Crippen LogP contribution in [0.15, 0.2) is 0 Å². The number of esters is 1. The summed E-state index contributed by atoms with van der Waals surface area (Å²) in [7, 11) is 3.61. The lowest BCUT2D eigenvalue weighted by Gasteiger charge is -2.19. The Hall–Kier alpha value is -0.610. The Morgan fingerprint density at radius 1 is 1.53 bits per heavy atom. The van der Waals surface area contributed by atoms with Crippen LogP contribution >= 0.6 is 0 Å². The number of hydrogen-bond donors (Lipinski definition) is 1. The molecule has 0 aromatic carbocycles. The standard InChI is InChI=1S/C13H26N2O2/c1-4-5-6-12(13(16)17-3)14-9-10-15(2)11-7-8-11/h11-12,14H,4-10H2,1-3H3. The van der Waals surface area contributed by atoms with Crippen molar-refractivity contribution in [3.8, 4) is 0 Å². The van der Waals surface area contributed by atoms with Gasteiger partial charge in [0.15, 0.2) is 0 Å². The fraction of sp³-hybridized carbons (Fsp3) is 0.923. The van der Waals surface area contributed by atoms with Crippen molar-refractivity contribution in [2.75, 3.05) is 27.2 Å². The predicted molar refractivity (Wildman–Crippen MR) is 69.0 cm³/mol. The second-order valence-corrected chi connectivity index (χ2v) is 4.88. The van der Waals surface area contributed by atoms with Crippen molar-refractivity contribution >= 4 is 5.97 Å². The minimum atomic E-state index is -0.132. The molecule has 1 unspecified atom stereocenters. The van der Waals surface area contributed by atoms with E-state index in [4.69, 9.17) is 4.74 Å². The summed E-state index contributed by atoms with van der Waals surface area (Å²) in [6.07, 6.45) is 5.69. The molecule has 1 rings (SSSR count). The Bertz CT molecular complexity index is 229. The third-order valence-corrected chi connectivity index (χ3v) is 3.36. The number of nitrogens with zero attached hydrogens (tertiary/aromatic N) is 1. The molecule has 17 heavy (non-hydrogen) atoms. The molecule has 0 radical (unpaired) electrons. The van der Waals surface area contributed by atoms with E-state index < -0.39 is 0 Å². The highest BCUT2D eigenvalue weighted by Gasteiger charge is 2.26. The third kappa shape index (κ3) is 5.50. The SMILES string of the molecule is CCCCC(NCCN(C)C1CC1)C(=O)OC. The first kappa shape index (κ1) is 14.5. The average Bonchev–Trinajstić information content (AvgIpc) is 3.16. The van der Waals surface area contributed by atoms with E-state index in [1.54, 1.807) is 0 Å². The molecule has 1 fully saturated rings. The summed E-state index contributed by atoms with van der Waals surface area (Å²) in [5, 5.41) is 3.30. The minimum Gasteiger partial charge on any atom is -0.468 e. The smallest absolute Gasteiger partial charge is 0.322 e. The molecule has 0 bridgehead atoms. The van der Waals surface area contributed by atoms with Gasteiger partial charge in [0, 0.05) is 19.1 Å². The molecule has 100 valence electrons. The van der Waals surface area contributed by atoms with E-state index in [1.807, 2.05) is 0 Å². The maximum atomic E-state index is 11.5. The molecular formula is C13H26N2O2. The minimum absolute atomic E-state index is 0.132. The summed E-state index contributed by atoms with van der Waals surface area (Å²) >= 11 is 0. The van der Waals surface area contributed by atoms with Crippen LogP contribution in [0.25, 0.3) is 0 Å². The van der Waals surface area contributed by atoms with Crippen LogP contribution in [0, 0.1) is 0 Å². The quantitative estimate of drug-likeness (QED) is 0.621. The lowest BCUT2D eigenvalue weighted by Crippen LogP contribution is -2.41. The van der Waals surface area contributed by atoms with E-state index >= 15 is 0 Å². The third-order valence-electron chi connectivity index (χ3n) is 3.36. The molecule has 0 aliphatic heterocycles. The molecule has 0 aromatic heterocycles. The zero-order valence-electron chi connectivity index (χ0n) is 11.4. The second-order valence-electron chi connectivity index (χ2n) is 4.88. The number of nitrogens with one attached hydrogen (secondary N) is 1. The van der Waals surface area contributed by atoms with Crippen molar-refractivity contribution in [3.05, 3.63) is 0 Å². The van der Waals surface area contributed by atoms with E-state index in [1.165, 1.54) is 20.0 Å². The van der Waals surface area contributed by atoms with E-state index in [2.05, 4.69) is 24.2 Å². The van der Waals surface area contributed by atoms with Crippen molar-refractivity contribution in [2.45, 2.75) is 51.1 Å². The number of rotatable bonds is 9. The first-order chi connectivity index (χ1) is 8.19. The van der Waals surface area contributed by atoms with Crippen molar-refractivity contribution in [2.24, 2.45) is 0 Å². The number of likely N-dealkylation sites (N-methyl/N-ethyl adjacent to an activating group) is 1.